The minimum absolute atomic E-state index is 0.0440. The van der Waals surface area contributed by atoms with Gasteiger partial charge in [-0.3, -0.25) is 14.9 Å². The average molecular weight is 538 g/mol. The van der Waals surface area contributed by atoms with E-state index in [1.807, 2.05) is 6.07 Å². The predicted octanol–water partition coefficient (Wildman–Crippen LogP) is 5.59. The van der Waals surface area contributed by atoms with Crippen molar-refractivity contribution in [2.24, 2.45) is 0 Å². The molecule has 0 radical (unpaired) electrons. The highest BCUT2D eigenvalue weighted by molar-refractivity contribution is 6.37. The number of aryl methyl sites for hydroxylation is 1. The fourth-order valence-electron chi connectivity index (χ4n) is 6.02. The van der Waals surface area contributed by atoms with E-state index in [-0.39, 0.29) is 11.6 Å². The maximum Gasteiger partial charge on any atom is 0.270 e. The molecule has 3 aromatic carbocycles. The second kappa shape index (κ2) is 11.6. The number of nitrogens with zero attached hydrogens (tertiary/aromatic N) is 2. The zero-order valence-corrected chi connectivity index (χ0v) is 22.7. The molecule has 3 aliphatic heterocycles. The average Bonchev–Trinajstić information content (AvgIpc) is 3.31. The van der Waals surface area contributed by atoms with Crippen molar-refractivity contribution < 1.29 is 9.72 Å². The molecule has 6 rings (SSSR count). The number of anilines is 2. The maximum atomic E-state index is 13.3. The molecule has 1 amide bonds. The molecule has 0 unspecified atom stereocenters. The van der Waals surface area contributed by atoms with Gasteiger partial charge in [-0.05, 0) is 98.7 Å². The van der Waals surface area contributed by atoms with Crippen LogP contribution in [0, 0.1) is 10.1 Å². The van der Waals surface area contributed by atoms with Crippen molar-refractivity contribution in [1.82, 2.24) is 10.2 Å². The van der Waals surface area contributed by atoms with Crippen LogP contribution in [0.2, 0.25) is 0 Å². The van der Waals surface area contributed by atoms with Crippen LogP contribution in [0.25, 0.3) is 11.3 Å². The minimum Gasteiger partial charge on any atom is -0.354 e. The SMILES string of the molecule is O=C1Nc2ccc([N+](=O)[O-])cc2/C1=C(/Nc1ccc2c(c1)CCNC2)c1ccc(CCCN2CCCCC2)cc1. The molecule has 0 atom stereocenters. The van der Waals surface area contributed by atoms with E-state index in [1.54, 1.807) is 6.07 Å². The Bertz CT molecular complexity index is 1460. The first-order chi connectivity index (χ1) is 19.5. The number of likely N-dealkylation sites (tertiary alicyclic amines) is 1. The van der Waals surface area contributed by atoms with E-state index in [4.69, 9.17) is 0 Å². The molecule has 3 aliphatic rings. The van der Waals surface area contributed by atoms with Crippen LogP contribution in [0.15, 0.2) is 60.7 Å². The third-order valence-corrected chi connectivity index (χ3v) is 8.20. The number of nitrogens with one attached hydrogen (secondary N) is 3. The number of nitro benzene ring substituents is 1. The number of carbonyl (C=O) groups is 1. The summed E-state index contributed by atoms with van der Waals surface area (Å²) in [5.74, 6) is -0.272. The molecule has 0 bridgehead atoms. The Balaban J connectivity index is 1.32. The Morgan fingerprint density at radius 2 is 1.80 bits per heavy atom. The third kappa shape index (κ3) is 5.64. The number of hydrogen-bond acceptors (Lipinski definition) is 6. The van der Waals surface area contributed by atoms with E-state index in [9.17, 15) is 14.9 Å². The summed E-state index contributed by atoms with van der Waals surface area (Å²) in [6, 6.07) is 19.2. The Morgan fingerprint density at radius 3 is 2.60 bits per heavy atom. The first-order valence-electron chi connectivity index (χ1n) is 14.3. The molecule has 0 spiro atoms. The zero-order chi connectivity index (χ0) is 27.5. The summed E-state index contributed by atoms with van der Waals surface area (Å²) in [5.41, 5.74) is 7.70. The van der Waals surface area contributed by atoms with E-state index >= 15 is 0 Å². The highest BCUT2D eigenvalue weighted by Crippen LogP contribution is 2.39. The summed E-state index contributed by atoms with van der Waals surface area (Å²) in [4.78, 5) is 27.0. The number of non-ortho nitro benzene ring substituents is 1. The Hall–Kier alpha value is -4.01. The lowest BCUT2D eigenvalue weighted by molar-refractivity contribution is -0.384. The van der Waals surface area contributed by atoms with Crippen molar-refractivity contribution >= 4 is 34.2 Å². The zero-order valence-electron chi connectivity index (χ0n) is 22.7. The molecule has 1 fully saturated rings. The van der Waals surface area contributed by atoms with Gasteiger partial charge in [-0.2, -0.15) is 0 Å². The lowest BCUT2D eigenvalue weighted by atomic mass is 9.97. The maximum absolute atomic E-state index is 13.3. The van der Waals surface area contributed by atoms with E-state index in [1.165, 1.54) is 61.2 Å². The lowest BCUT2D eigenvalue weighted by Crippen LogP contribution is -2.30. The highest BCUT2D eigenvalue weighted by atomic mass is 16.6. The molecule has 8 heteroatoms. The van der Waals surface area contributed by atoms with Crippen molar-refractivity contribution in [2.45, 2.75) is 45.1 Å². The molecule has 0 saturated carbocycles. The van der Waals surface area contributed by atoms with Crippen molar-refractivity contribution in [1.29, 1.82) is 0 Å². The Labute approximate surface area is 234 Å². The van der Waals surface area contributed by atoms with Gasteiger partial charge >= 0.3 is 0 Å². The normalized spacial score (nSPS) is 18.1. The molecular weight excluding hydrogens is 502 g/mol. The predicted molar refractivity (Wildman–Crippen MR) is 159 cm³/mol. The van der Waals surface area contributed by atoms with Gasteiger partial charge in [0.2, 0.25) is 0 Å². The van der Waals surface area contributed by atoms with Crippen LogP contribution in [-0.4, -0.2) is 41.9 Å². The number of nitro groups is 1. The van der Waals surface area contributed by atoms with Crippen LogP contribution >= 0.6 is 0 Å². The van der Waals surface area contributed by atoms with Crippen LogP contribution in [0.3, 0.4) is 0 Å². The number of piperidine rings is 1. The van der Waals surface area contributed by atoms with Gasteiger partial charge in [-0.1, -0.05) is 36.8 Å². The van der Waals surface area contributed by atoms with Gasteiger partial charge in [0.25, 0.3) is 11.6 Å². The largest absolute Gasteiger partial charge is 0.354 e. The number of carbonyl (C=O) groups excluding carboxylic acids is 1. The second-order valence-corrected chi connectivity index (χ2v) is 10.9. The van der Waals surface area contributed by atoms with Crippen LogP contribution in [0.4, 0.5) is 17.1 Å². The number of hydrogen-bond donors (Lipinski definition) is 3. The molecule has 3 aromatic rings. The van der Waals surface area contributed by atoms with Gasteiger partial charge in [-0.25, -0.2) is 0 Å². The van der Waals surface area contributed by atoms with Gasteiger partial charge in [0, 0.05) is 35.6 Å². The van der Waals surface area contributed by atoms with Gasteiger partial charge in [0.1, 0.15) is 0 Å². The second-order valence-electron chi connectivity index (χ2n) is 10.9. The summed E-state index contributed by atoms with van der Waals surface area (Å²) in [6.07, 6.45) is 7.03. The van der Waals surface area contributed by atoms with Gasteiger partial charge in [0.15, 0.2) is 0 Å². The summed E-state index contributed by atoms with van der Waals surface area (Å²) in [5, 5.41) is 21.4. The number of rotatable bonds is 8. The molecular formula is C32H35N5O3. The molecule has 40 heavy (non-hydrogen) atoms. The number of benzene rings is 3. The molecule has 3 heterocycles. The van der Waals surface area contributed by atoms with E-state index in [2.05, 4.69) is 57.2 Å². The van der Waals surface area contributed by atoms with Crippen LogP contribution in [0.1, 0.15) is 53.5 Å². The van der Waals surface area contributed by atoms with Crippen LogP contribution < -0.4 is 16.0 Å². The van der Waals surface area contributed by atoms with E-state index in [0.717, 1.165) is 50.1 Å². The van der Waals surface area contributed by atoms with E-state index in [0.29, 0.717) is 22.5 Å². The monoisotopic (exact) mass is 537 g/mol. The minimum atomic E-state index is -0.427. The van der Waals surface area contributed by atoms with Crippen molar-refractivity contribution in [3.05, 3.63) is 98.6 Å². The number of amides is 1. The lowest BCUT2D eigenvalue weighted by Gasteiger charge is -2.26. The fourth-order valence-corrected chi connectivity index (χ4v) is 6.02. The highest BCUT2D eigenvalue weighted by Gasteiger charge is 2.30. The van der Waals surface area contributed by atoms with Gasteiger partial charge in [-0.15, -0.1) is 0 Å². The van der Waals surface area contributed by atoms with Gasteiger partial charge in [0.05, 0.1) is 16.2 Å². The Morgan fingerprint density at radius 1 is 0.975 bits per heavy atom. The first-order valence-corrected chi connectivity index (χ1v) is 14.3. The van der Waals surface area contributed by atoms with E-state index < -0.39 is 4.92 Å². The summed E-state index contributed by atoms with van der Waals surface area (Å²) >= 11 is 0. The van der Waals surface area contributed by atoms with Crippen LogP contribution in [0.5, 0.6) is 0 Å². The topological polar surface area (TPSA) is 99.5 Å². The standard InChI is InChI=1S/C32H35N5O3/c38-32-30(28-20-27(37(39)40)12-13-29(28)35-32)31(34-26-11-10-25-21-33-15-14-24(25)19-26)23-8-6-22(7-9-23)5-4-18-36-16-2-1-3-17-36/h6-13,19-20,33-34H,1-5,14-18,21H2,(H,35,38)/b31-30-. The summed E-state index contributed by atoms with van der Waals surface area (Å²) in [7, 11) is 0. The molecule has 206 valence electrons. The summed E-state index contributed by atoms with van der Waals surface area (Å²) in [6.45, 7) is 5.33. The molecule has 8 nitrogen and oxygen atoms in total. The van der Waals surface area contributed by atoms with Crippen molar-refractivity contribution in [3.8, 4) is 0 Å². The first kappa shape index (κ1) is 26.2. The fraction of sp³-hybridized carbons (Fsp3) is 0.344. The summed E-state index contributed by atoms with van der Waals surface area (Å²) < 4.78 is 0. The van der Waals surface area contributed by atoms with Crippen molar-refractivity contribution in [2.75, 3.05) is 36.8 Å². The third-order valence-electron chi connectivity index (χ3n) is 8.20. The quantitative estimate of drug-likeness (QED) is 0.197. The Kier molecular flexibility index (Phi) is 7.62. The van der Waals surface area contributed by atoms with Crippen LogP contribution in [-0.2, 0) is 24.2 Å². The number of fused-ring (bicyclic) bond motifs is 2. The smallest absolute Gasteiger partial charge is 0.270 e. The van der Waals surface area contributed by atoms with Crippen molar-refractivity contribution in [3.63, 3.8) is 0 Å². The van der Waals surface area contributed by atoms with Gasteiger partial charge < -0.3 is 20.9 Å². The molecule has 0 aliphatic carbocycles. The molecule has 0 aromatic heterocycles. The molecule has 3 N–H and O–H groups in total. The molecule has 1 saturated heterocycles.